The van der Waals surface area contributed by atoms with Gasteiger partial charge in [-0.05, 0) is 58.1 Å². The van der Waals surface area contributed by atoms with Crippen LogP contribution in [0.1, 0.15) is 67.1 Å². The minimum Gasteiger partial charge on any atom is -0.496 e. The third-order valence-corrected chi connectivity index (χ3v) is 12.0. The molecule has 6 rings (SSSR count). The second kappa shape index (κ2) is 12.4. The Morgan fingerprint density at radius 1 is 1.18 bits per heavy atom. The quantitative estimate of drug-likeness (QED) is 0.325. The fraction of sp³-hybridized carbons (Fsp3) is 0.516. The molecular weight excluding hydrogens is 620 g/mol. The van der Waals surface area contributed by atoms with E-state index in [1.54, 1.807) is 25.0 Å². The molecule has 0 unspecified atom stereocenters. The van der Waals surface area contributed by atoms with Crippen molar-refractivity contribution in [2.45, 2.75) is 64.2 Å². The van der Waals surface area contributed by atoms with Gasteiger partial charge in [-0.2, -0.15) is 8.42 Å². The molecule has 2 amide bonds. The molecule has 3 aromatic rings. The predicted molar refractivity (Wildman–Crippen MR) is 168 cm³/mol. The van der Waals surface area contributed by atoms with Gasteiger partial charge >= 0.3 is 10.2 Å². The Hall–Kier alpha value is -3.46. The van der Waals surface area contributed by atoms with Gasteiger partial charge in [0.2, 0.25) is 11.8 Å². The molecule has 12 nitrogen and oxygen atoms in total. The third kappa shape index (κ3) is 5.62. The van der Waals surface area contributed by atoms with Gasteiger partial charge in [0.05, 0.1) is 36.4 Å². The summed E-state index contributed by atoms with van der Waals surface area (Å²) >= 11 is 1.11. The SMILES string of the molecule is COc1ccccc1[C@H](CN1c2sc(-c3ncco3)c(C)c2C(=O)N(C(C)(C)C(=O)N2CCCC2)S1(=O)=O)OC1CCOCC1. The van der Waals surface area contributed by atoms with Gasteiger partial charge in [0.15, 0.2) is 0 Å². The molecule has 2 fully saturated rings. The summed E-state index contributed by atoms with van der Waals surface area (Å²) in [6.45, 7) is 6.67. The van der Waals surface area contributed by atoms with E-state index in [2.05, 4.69) is 4.98 Å². The monoisotopic (exact) mass is 658 g/mol. The Bertz CT molecular complexity index is 1660. The van der Waals surface area contributed by atoms with Gasteiger partial charge in [0, 0.05) is 31.9 Å². The van der Waals surface area contributed by atoms with Crippen molar-refractivity contribution < 1.29 is 36.6 Å². The molecule has 5 heterocycles. The van der Waals surface area contributed by atoms with Gasteiger partial charge in [-0.25, -0.2) is 13.6 Å². The number of aromatic nitrogens is 1. The van der Waals surface area contributed by atoms with Gasteiger partial charge in [0.25, 0.3) is 5.91 Å². The highest BCUT2D eigenvalue weighted by molar-refractivity contribution is 7.91. The van der Waals surface area contributed by atoms with Crippen LogP contribution >= 0.6 is 11.3 Å². The molecule has 0 aliphatic carbocycles. The van der Waals surface area contributed by atoms with E-state index in [0.29, 0.717) is 60.9 Å². The lowest BCUT2D eigenvalue weighted by molar-refractivity contribution is -0.138. The molecule has 14 heteroatoms. The summed E-state index contributed by atoms with van der Waals surface area (Å²) in [5.41, 5.74) is -0.318. The number of oxazole rings is 1. The maximum Gasteiger partial charge on any atom is 0.330 e. The number of thiophene rings is 1. The summed E-state index contributed by atoms with van der Waals surface area (Å²) in [7, 11) is -3.06. The summed E-state index contributed by atoms with van der Waals surface area (Å²) in [6, 6.07) is 7.33. The number of benzene rings is 1. The number of carbonyl (C=O) groups is 2. The number of anilines is 1. The van der Waals surface area contributed by atoms with Crippen LogP contribution in [0.3, 0.4) is 0 Å². The van der Waals surface area contributed by atoms with Crippen LogP contribution in [-0.4, -0.2) is 86.0 Å². The molecule has 0 radical (unpaired) electrons. The molecular formula is C31H38N4O8S2. The summed E-state index contributed by atoms with van der Waals surface area (Å²) in [5.74, 6) is -0.356. The summed E-state index contributed by atoms with van der Waals surface area (Å²) < 4.78 is 55.0. The summed E-state index contributed by atoms with van der Waals surface area (Å²) in [6.07, 6.45) is 4.92. The van der Waals surface area contributed by atoms with Gasteiger partial charge < -0.3 is 23.5 Å². The van der Waals surface area contributed by atoms with Crippen molar-refractivity contribution in [1.82, 2.24) is 14.2 Å². The van der Waals surface area contributed by atoms with E-state index in [0.717, 1.165) is 28.5 Å². The first kappa shape index (κ1) is 31.5. The van der Waals surface area contributed by atoms with Crippen LogP contribution in [0.2, 0.25) is 0 Å². The van der Waals surface area contributed by atoms with Gasteiger partial charge in [-0.1, -0.05) is 18.2 Å². The number of para-hydroxylation sites is 1. The smallest absolute Gasteiger partial charge is 0.330 e. The highest BCUT2D eigenvalue weighted by atomic mass is 32.2. The van der Waals surface area contributed by atoms with Crippen LogP contribution in [0.25, 0.3) is 10.8 Å². The zero-order valence-corrected chi connectivity index (χ0v) is 27.5. The first-order valence-corrected chi connectivity index (χ1v) is 17.3. The van der Waals surface area contributed by atoms with E-state index in [4.69, 9.17) is 18.6 Å². The summed E-state index contributed by atoms with van der Waals surface area (Å²) in [5, 5.41) is 0.224. The van der Waals surface area contributed by atoms with Crippen molar-refractivity contribution in [1.29, 1.82) is 0 Å². The Balaban J connectivity index is 1.49. The molecule has 0 N–H and O–H groups in total. The molecule has 1 atom stereocenters. The van der Waals surface area contributed by atoms with Crippen LogP contribution in [0.5, 0.6) is 5.75 Å². The molecule has 0 saturated carbocycles. The van der Waals surface area contributed by atoms with Crippen molar-refractivity contribution in [2.75, 3.05) is 44.3 Å². The largest absolute Gasteiger partial charge is 0.496 e. The van der Waals surface area contributed by atoms with Gasteiger partial charge in [-0.15, -0.1) is 11.3 Å². The second-order valence-electron chi connectivity index (χ2n) is 11.9. The van der Waals surface area contributed by atoms with Crippen LogP contribution in [0, 0.1) is 6.92 Å². The van der Waals surface area contributed by atoms with Crippen LogP contribution in [-0.2, 0) is 24.5 Å². The predicted octanol–water partition coefficient (Wildman–Crippen LogP) is 4.57. The maximum absolute atomic E-state index is 14.8. The number of ether oxygens (including phenoxy) is 3. The van der Waals surface area contributed by atoms with Crippen LogP contribution in [0.4, 0.5) is 5.00 Å². The number of likely N-dealkylation sites (tertiary alicyclic amines) is 1. The molecule has 3 aliphatic heterocycles. The number of carbonyl (C=O) groups excluding carboxylic acids is 2. The van der Waals surface area contributed by atoms with E-state index in [-0.39, 0.29) is 29.1 Å². The molecule has 0 bridgehead atoms. The minimum absolute atomic E-state index is 0.171. The molecule has 45 heavy (non-hydrogen) atoms. The average molecular weight is 659 g/mol. The number of rotatable bonds is 9. The lowest BCUT2D eigenvalue weighted by Gasteiger charge is -2.44. The standard InChI is InChI=1S/C31H38N4O8S2/c1-20-25-28(36)35(31(2,3)30(37)33-14-7-8-15-33)45(38,39)34(29(25)44-26(20)27-32-13-18-42-27)19-24(43-21-11-16-41-17-12-21)22-9-5-6-10-23(22)40-4/h5-6,9-10,13,18,21,24H,7-8,11-12,14-17,19H2,1-4H3/t24-/m0/s1. The molecule has 0 spiro atoms. The van der Waals surface area contributed by atoms with Crippen LogP contribution in [0.15, 0.2) is 41.1 Å². The Kier molecular flexibility index (Phi) is 8.67. The highest BCUT2D eigenvalue weighted by Crippen LogP contribution is 2.48. The van der Waals surface area contributed by atoms with E-state index in [9.17, 15) is 18.0 Å². The first-order valence-electron chi connectivity index (χ1n) is 15.1. The molecule has 1 aromatic carbocycles. The van der Waals surface area contributed by atoms with E-state index < -0.39 is 33.7 Å². The average Bonchev–Trinajstić information content (AvgIpc) is 3.81. The van der Waals surface area contributed by atoms with Crippen molar-refractivity contribution in [3.05, 3.63) is 53.4 Å². The number of fused-ring (bicyclic) bond motifs is 1. The van der Waals surface area contributed by atoms with Gasteiger partial charge in [0.1, 0.15) is 28.7 Å². The Morgan fingerprint density at radius 3 is 2.56 bits per heavy atom. The lowest BCUT2D eigenvalue weighted by atomic mass is 10.0. The second-order valence-corrected chi connectivity index (χ2v) is 14.6. The lowest BCUT2D eigenvalue weighted by Crippen LogP contribution is -2.64. The number of nitrogens with zero attached hydrogens (tertiary/aromatic N) is 4. The Labute approximate surface area is 267 Å². The minimum atomic E-state index is -4.61. The van der Waals surface area contributed by atoms with E-state index >= 15 is 0 Å². The topological polar surface area (TPSA) is 132 Å². The number of amides is 2. The molecule has 2 saturated heterocycles. The number of methoxy groups -OCH3 is 1. The van der Waals surface area contributed by atoms with Crippen molar-refractivity contribution >= 4 is 38.4 Å². The number of hydrogen-bond acceptors (Lipinski definition) is 10. The maximum atomic E-state index is 14.8. The fourth-order valence-electron chi connectivity index (χ4n) is 6.33. The molecule has 3 aliphatic rings. The molecule has 2 aromatic heterocycles. The number of hydrogen-bond donors (Lipinski definition) is 0. The Morgan fingerprint density at radius 2 is 1.89 bits per heavy atom. The third-order valence-electron chi connectivity index (χ3n) is 8.66. The zero-order chi connectivity index (χ0) is 31.9. The highest BCUT2D eigenvalue weighted by Gasteiger charge is 2.55. The van der Waals surface area contributed by atoms with E-state index in [1.807, 2.05) is 18.2 Å². The fourth-order valence-corrected chi connectivity index (χ4v) is 9.66. The molecule has 242 valence electrons. The zero-order valence-electron chi connectivity index (χ0n) is 25.9. The van der Waals surface area contributed by atoms with E-state index in [1.165, 1.54) is 30.6 Å². The summed E-state index contributed by atoms with van der Waals surface area (Å²) in [4.78, 5) is 34.7. The van der Waals surface area contributed by atoms with Crippen molar-refractivity contribution in [3.63, 3.8) is 0 Å². The first-order chi connectivity index (χ1) is 21.6. The normalized spacial score (nSPS) is 19.6. The van der Waals surface area contributed by atoms with Crippen molar-refractivity contribution in [3.8, 4) is 16.5 Å². The van der Waals surface area contributed by atoms with Crippen LogP contribution < -0.4 is 9.04 Å². The van der Waals surface area contributed by atoms with Gasteiger partial charge in [-0.3, -0.25) is 9.59 Å². The van der Waals surface area contributed by atoms with Crippen molar-refractivity contribution in [2.24, 2.45) is 0 Å².